The van der Waals surface area contributed by atoms with E-state index in [1.807, 2.05) is 19.9 Å². The molecule has 0 spiro atoms. The minimum atomic E-state index is -0.554. The Bertz CT molecular complexity index is 1180. The summed E-state index contributed by atoms with van der Waals surface area (Å²) >= 11 is 0. The molecule has 0 aliphatic carbocycles. The first-order valence-corrected chi connectivity index (χ1v) is 10.0. The van der Waals surface area contributed by atoms with E-state index in [1.54, 1.807) is 24.4 Å². The lowest BCUT2D eigenvalue weighted by Gasteiger charge is -2.09. The van der Waals surface area contributed by atoms with Crippen LogP contribution in [0.4, 0.5) is 4.79 Å². The molecular weight excluding hydrogens is 396 g/mol. The molecular formula is C22H24N6O3. The zero-order valence-electron chi connectivity index (χ0n) is 17.4. The van der Waals surface area contributed by atoms with Crippen molar-refractivity contribution in [3.05, 3.63) is 59.8 Å². The fourth-order valence-electron chi connectivity index (χ4n) is 3.53. The number of hydrogen-bond acceptors (Lipinski definition) is 7. The van der Waals surface area contributed by atoms with Crippen LogP contribution in [0.1, 0.15) is 31.5 Å². The van der Waals surface area contributed by atoms with Gasteiger partial charge in [0, 0.05) is 36.4 Å². The lowest BCUT2D eigenvalue weighted by Crippen LogP contribution is -2.33. The molecule has 1 aromatic carbocycles. The smallest absolute Gasteiger partial charge is 0.332 e. The number of allylic oxidation sites excluding steroid dienone is 1. The second-order valence-corrected chi connectivity index (χ2v) is 7.83. The van der Waals surface area contributed by atoms with Crippen LogP contribution in [-0.2, 0) is 17.9 Å². The number of carbonyl (C=O) groups excluding carboxylic acids is 2. The van der Waals surface area contributed by atoms with Gasteiger partial charge >= 0.3 is 6.03 Å². The number of hydrogen-bond donors (Lipinski definition) is 3. The van der Waals surface area contributed by atoms with Crippen molar-refractivity contribution in [2.24, 2.45) is 11.7 Å². The first-order valence-electron chi connectivity index (χ1n) is 10.0. The number of carbonyl (C=O) groups is 2. The predicted octanol–water partition coefficient (Wildman–Crippen LogP) is 2.80. The summed E-state index contributed by atoms with van der Waals surface area (Å²) in [7, 11) is 0. The number of nitrogens with two attached hydrogens (primary N) is 1. The van der Waals surface area contributed by atoms with Gasteiger partial charge in [-0.2, -0.15) is 0 Å². The minimum absolute atomic E-state index is 0.323. The van der Waals surface area contributed by atoms with Crippen molar-refractivity contribution >= 4 is 22.8 Å². The molecule has 0 unspecified atom stereocenters. The molecule has 0 bridgehead atoms. The number of nitrogens with zero attached hydrogens (tertiary/aromatic N) is 3. The minimum Gasteiger partial charge on any atom is -0.439 e. The molecule has 0 saturated heterocycles. The molecule has 31 heavy (non-hydrogen) atoms. The van der Waals surface area contributed by atoms with Crippen LogP contribution in [0.2, 0.25) is 0 Å². The summed E-state index contributed by atoms with van der Waals surface area (Å²) in [5, 5.41) is 6.35. The van der Waals surface area contributed by atoms with Crippen LogP contribution < -0.4 is 21.1 Å². The van der Waals surface area contributed by atoms with Crippen molar-refractivity contribution in [2.45, 2.75) is 33.4 Å². The van der Waals surface area contributed by atoms with E-state index < -0.39 is 11.9 Å². The number of benzene rings is 1. The van der Waals surface area contributed by atoms with Crippen LogP contribution in [-0.4, -0.2) is 26.5 Å². The van der Waals surface area contributed by atoms with E-state index in [2.05, 4.69) is 20.6 Å². The van der Waals surface area contributed by atoms with Gasteiger partial charge < -0.3 is 15.8 Å². The third-order valence-electron chi connectivity index (χ3n) is 4.87. The lowest BCUT2D eigenvalue weighted by atomic mass is 10.1. The number of amides is 2. The third kappa shape index (κ3) is 4.56. The van der Waals surface area contributed by atoms with E-state index in [0.29, 0.717) is 48.3 Å². The Morgan fingerprint density at radius 3 is 2.94 bits per heavy atom. The van der Waals surface area contributed by atoms with Crippen molar-refractivity contribution in [1.29, 1.82) is 0 Å². The Hall–Kier alpha value is -3.72. The molecule has 4 N–H and O–H groups in total. The number of nitrogens with one attached hydrogen (secondary N) is 2. The van der Waals surface area contributed by atoms with Gasteiger partial charge in [0.1, 0.15) is 12.1 Å². The maximum atomic E-state index is 12.5. The Morgan fingerprint density at radius 2 is 2.13 bits per heavy atom. The number of rotatable bonds is 5. The summed E-state index contributed by atoms with van der Waals surface area (Å²) < 4.78 is 7.33. The number of fused-ring (bicyclic) bond motifs is 2. The molecule has 2 aromatic heterocycles. The highest BCUT2D eigenvalue weighted by molar-refractivity contribution is 6.04. The Kier molecular flexibility index (Phi) is 5.68. The standard InChI is InChI=1S/C22H24N6O3/c1-13(2)7-15(23)9-20(29)27-22(30)28-6-5-14-8-16(3-4-19(14)28)31-21-17-10-24-11-18(17)25-12-26-21/h3-6,8-9,12-13,24H,7,10-11,23H2,1-2H3,(H,27,29,30). The Morgan fingerprint density at radius 1 is 1.29 bits per heavy atom. The van der Waals surface area contributed by atoms with Gasteiger partial charge in [-0.1, -0.05) is 13.8 Å². The van der Waals surface area contributed by atoms with Crippen molar-refractivity contribution in [3.63, 3.8) is 0 Å². The quantitative estimate of drug-likeness (QED) is 0.542. The first kappa shape index (κ1) is 20.5. The molecule has 3 heterocycles. The fourth-order valence-corrected chi connectivity index (χ4v) is 3.53. The summed E-state index contributed by atoms with van der Waals surface area (Å²) in [5.41, 5.74) is 8.79. The average molecular weight is 420 g/mol. The van der Waals surface area contributed by atoms with Gasteiger partial charge in [0.05, 0.1) is 16.8 Å². The molecule has 0 saturated carbocycles. The number of ether oxygens (including phenoxy) is 1. The highest BCUT2D eigenvalue weighted by Gasteiger charge is 2.18. The lowest BCUT2D eigenvalue weighted by molar-refractivity contribution is -0.115. The molecule has 0 fully saturated rings. The van der Waals surface area contributed by atoms with Gasteiger partial charge in [0.15, 0.2) is 0 Å². The van der Waals surface area contributed by atoms with Gasteiger partial charge in [0.25, 0.3) is 5.91 Å². The van der Waals surface area contributed by atoms with Gasteiger partial charge in [-0.15, -0.1) is 0 Å². The van der Waals surface area contributed by atoms with Crippen molar-refractivity contribution in [2.75, 3.05) is 0 Å². The molecule has 1 aliphatic rings. The van der Waals surface area contributed by atoms with Crippen molar-refractivity contribution < 1.29 is 14.3 Å². The molecule has 0 radical (unpaired) electrons. The highest BCUT2D eigenvalue weighted by Crippen LogP contribution is 2.29. The van der Waals surface area contributed by atoms with Gasteiger partial charge in [-0.05, 0) is 36.6 Å². The normalized spacial score (nSPS) is 13.5. The largest absolute Gasteiger partial charge is 0.439 e. The second-order valence-electron chi connectivity index (χ2n) is 7.83. The van der Waals surface area contributed by atoms with E-state index in [9.17, 15) is 9.59 Å². The van der Waals surface area contributed by atoms with Crippen molar-refractivity contribution in [1.82, 2.24) is 25.2 Å². The molecule has 3 aromatic rings. The van der Waals surface area contributed by atoms with Gasteiger partial charge in [-0.25, -0.2) is 14.8 Å². The van der Waals surface area contributed by atoms with Crippen LogP contribution in [0.15, 0.2) is 48.6 Å². The van der Waals surface area contributed by atoms with E-state index >= 15 is 0 Å². The Labute approximate surface area is 179 Å². The SMILES string of the molecule is CC(C)CC(N)=CC(=O)NC(=O)n1ccc2cc(Oc3ncnc4c3CNC4)ccc21. The van der Waals surface area contributed by atoms with Crippen LogP contribution in [0.5, 0.6) is 11.6 Å². The van der Waals surface area contributed by atoms with E-state index in [0.717, 1.165) is 16.6 Å². The maximum Gasteiger partial charge on any atom is 0.332 e. The van der Waals surface area contributed by atoms with E-state index in [1.165, 1.54) is 17.0 Å². The van der Waals surface area contributed by atoms with Crippen molar-refractivity contribution in [3.8, 4) is 11.6 Å². The molecule has 9 heteroatoms. The highest BCUT2D eigenvalue weighted by atomic mass is 16.5. The number of aromatic nitrogens is 3. The van der Waals surface area contributed by atoms with E-state index in [-0.39, 0.29) is 0 Å². The summed E-state index contributed by atoms with van der Waals surface area (Å²) in [6, 6.07) is 6.56. The monoisotopic (exact) mass is 420 g/mol. The first-order chi connectivity index (χ1) is 14.9. The average Bonchev–Trinajstić information content (AvgIpc) is 3.34. The second kappa shape index (κ2) is 8.57. The van der Waals surface area contributed by atoms with Crippen LogP contribution in [0.3, 0.4) is 0 Å². The van der Waals surface area contributed by atoms with E-state index in [4.69, 9.17) is 10.5 Å². The van der Waals surface area contributed by atoms with Crippen LogP contribution in [0.25, 0.3) is 10.9 Å². The third-order valence-corrected chi connectivity index (χ3v) is 4.87. The maximum absolute atomic E-state index is 12.5. The van der Waals surface area contributed by atoms with Crippen LogP contribution >= 0.6 is 0 Å². The number of imide groups is 1. The zero-order chi connectivity index (χ0) is 22.0. The molecule has 0 atom stereocenters. The molecule has 9 nitrogen and oxygen atoms in total. The van der Waals surface area contributed by atoms with Crippen LogP contribution in [0, 0.1) is 5.92 Å². The summed E-state index contributed by atoms with van der Waals surface area (Å²) in [4.78, 5) is 33.1. The molecule has 1 aliphatic heterocycles. The fraction of sp³-hybridized carbons (Fsp3) is 0.273. The molecule has 4 rings (SSSR count). The van der Waals surface area contributed by atoms with Gasteiger partial charge in [0.2, 0.25) is 5.88 Å². The molecule has 160 valence electrons. The zero-order valence-corrected chi connectivity index (χ0v) is 17.4. The Balaban J connectivity index is 1.49. The summed E-state index contributed by atoms with van der Waals surface area (Å²) in [6.45, 7) is 5.36. The topological polar surface area (TPSA) is 124 Å². The summed E-state index contributed by atoms with van der Waals surface area (Å²) in [6.07, 6.45) is 4.93. The summed E-state index contributed by atoms with van der Waals surface area (Å²) in [5.74, 6) is 0.891. The van der Waals surface area contributed by atoms with Gasteiger partial charge in [-0.3, -0.25) is 14.7 Å². The predicted molar refractivity (Wildman–Crippen MR) is 115 cm³/mol. The molecule has 2 amide bonds.